The molecule has 1 N–H and O–H groups in total. The van der Waals surface area contributed by atoms with E-state index in [0.29, 0.717) is 6.04 Å². The summed E-state index contributed by atoms with van der Waals surface area (Å²) in [7, 11) is 0. The lowest BCUT2D eigenvalue weighted by atomic mass is 10.2. The number of rotatable bonds is 6. The van der Waals surface area contributed by atoms with Gasteiger partial charge >= 0.3 is 0 Å². The summed E-state index contributed by atoms with van der Waals surface area (Å²) in [5, 5.41) is 8.05. The summed E-state index contributed by atoms with van der Waals surface area (Å²) < 4.78 is 3.28. The van der Waals surface area contributed by atoms with Crippen LogP contribution in [-0.2, 0) is 0 Å². The number of hydrogen-bond donors (Lipinski definition) is 1. The second kappa shape index (κ2) is 6.40. The molecule has 0 saturated heterocycles. The molecule has 1 aromatic rings. The molecule has 0 bridgehead atoms. The van der Waals surface area contributed by atoms with Crippen molar-refractivity contribution in [3.05, 3.63) is 15.9 Å². The van der Waals surface area contributed by atoms with Gasteiger partial charge in [-0.3, -0.25) is 4.68 Å². The van der Waals surface area contributed by atoms with E-state index in [-0.39, 0.29) is 0 Å². The maximum absolute atomic E-state index is 4.59. The minimum Gasteiger partial charge on any atom is -0.315 e. The van der Waals surface area contributed by atoms with Gasteiger partial charge in [-0.15, -0.1) is 0 Å². The van der Waals surface area contributed by atoms with Crippen molar-refractivity contribution in [1.82, 2.24) is 15.1 Å². The van der Waals surface area contributed by atoms with E-state index in [1.165, 1.54) is 12.1 Å². The van der Waals surface area contributed by atoms with E-state index in [2.05, 4.69) is 51.8 Å². The van der Waals surface area contributed by atoms with Gasteiger partial charge in [-0.05, 0) is 49.2 Å². The number of aromatic nitrogens is 2. The van der Waals surface area contributed by atoms with Gasteiger partial charge in [-0.1, -0.05) is 13.8 Å². The summed E-state index contributed by atoms with van der Waals surface area (Å²) in [6.45, 7) is 10.6. The average Bonchev–Trinajstić information content (AvgIpc) is 2.53. The van der Waals surface area contributed by atoms with Crippen LogP contribution >= 0.6 is 15.9 Å². The Morgan fingerprint density at radius 3 is 2.50 bits per heavy atom. The van der Waals surface area contributed by atoms with Crippen LogP contribution in [0.25, 0.3) is 0 Å². The van der Waals surface area contributed by atoms with Crippen LogP contribution in [0.4, 0.5) is 0 Å². The lowest BCUT2D eigenvalue weighted by Crippen LogP contribution is -2.27. The molecule has 1 heterocycles. The first-order chi connectivity index (χ1) is 7.61. The van der Waals surface area contributed by atoms with E-state index in [1.54, 1.807) is 0 Å². The molecule has 0 aliphatic carbocycles. The zero-order valence-electron chi connectivity index (χ0n) is 10.7. The minimum absolute atomic E-state index is 0.455. The maximum Gasteiger partial charge on any atom is 0.0738 e. The van der Waals surface area contributed by atoms with E-state index in [1.807, 2.05) is 6.92 Å². The van der Waals surface area contributed by atoms with Gasteiger partial charge < -0.3 is 5.32 Å². The number of hydrogen-bond acceptors (Lipinski definition) is 2. The molecule has 1 unspecified atom stereocenters. The predicted molar refractivity (Wildman–Crippen MR) is 71.9 cm³/mol. The quantitative estimate of drug-likeness (QED) is 0.815. The molecule has 1 rings (SSSR count). The molecular weight excluding hydrogens is 266 g/mol. The summed E-state index contributed by atoms with van der Waals surface area (Å²) in [4.78, 5) is 0. The molecule has 16 heavy (non-hydrogen) atoms. The molecule has 0 radical (unpaired) electrons. The Morgan fingerprint density at radius 1 is 1.38 bits per heavy atom. The molecule has 0 aromatic carbocycles. The molecule has 0 aliphatic rings. The fourth-order valence-electron chi connectivity index (χ4n) is 1.85. The van der Waals surface area contributed by atoms with Gasteiger partial charge in [0, 0.05) is 6.54 Å². The Kier molecular flexibility index (Phi) is 5.49. The molecular formula is C12H22BrN3. The minimum atomic E-state index is 0.455. The van der Waals surface area contributed by atoms with Crippen LogP contribution in [0.5, 0.6) is 0 Å². The highest BCUT2D eigenvalue weighted by Gasteiger charge is 2.15. The van der Waals surface area contributed by atoms with Crippen molar-refractivity contribution >= 4 is 15.9 Å². The van der Waals surface area contributed by atoms with Gasteiger partial charge in [-0.25, -0.2) is 0 Å². The number of aryl methyl sites for hydroxylation is 1. The average molecular weight is 288 g/mol. The summed E-state index contributed by atoms with van der Waals surface area (Å²) in [5.41, 5.74) is 2.30. The van der Waals surface area contributed by atoms with Gasteiger partial charge in [0.2, 0.25) is 0 Å². The van der Waals surface area contributed by atoms with Crippen molar-refractivity contribution in [1.29, 1.82) is 0 Å². The van der Waals surface area contributed by atoms with E-state index < -0.39 is 0 Å². The normalized spacial score (nSPS) is 13.1. The van der Waals surface area contributed by atoms with Crippen molar-refractivity contribution in [2.75, 3.05) is 13.1 Å². The van der Waals surface area contributed by atoms with Crippen LogP contribution < -0.4 is 5.32 Å². The summed E-state index contributed by atoms with van der Waals surface area (Å²) in [6.07, 6.45) is 2.28. The van der Waals surface area contributed by atoms with Crippen molar-refractivity contribution in [2.45, 2.75) is 46.6 Å². The van der Waals surface area contributed by atoms with Gasteiger partial charge in [-0.2, -0.15) is 5.10 Å². The molecule has 92 valence electrons. The Bertz CT molecular complexity index is 333. The van der Waals surface area contributed by atoms with Crippen LogP contribution in [0.1, 0.15) is 44.1 Å². The van der Waals surface area contributed by atoms with Crippen LogP contribution in [0, 0.1) is 13.8 Å². The first-order valence-corrected chi connectivity index (χ1v) is 6.83. The van der Waals surface area contributed by atoms with Gasteiger partial charge in [0.25, 0.3) is 0 Å². The van der Waals surface area contributed by atoms with Gasteiger partial charge in [0.1, 0.15) is 0 Å². The van der Waals surface area contributed by atoms with E-state index in [4.69, 9.17) is 0 Å². The second-order valence-electron chi connectivity index (χ2n) is 4.20. The van der Waals surface area contributed by atoms with Crippen LogP contribution in [0.15, 0.2) is 4.47 Å². The van der Waals surface area contributed by atoms with Crippen molar-refractivity contribution in [3.63, 3.8) is 0 Å². The van der Waals surface area contributed by atoms with Crippen LogP contribution in [-0.4, -0.2) is 22.9 Å². The smallest absolute Gasteiger partial charge is 0.0738 e. The van der Waals surface area contributed by atoms with Gasteiger partial charge in [0.15, 0.2) is 0 Å². The SMILES string of the molecule is CCCNCC(CC)n1nc(C)c(Br)c1C. The van der Waals surface area contributed by atoms with Crippen molar-refractivity contribution in [2.24, 2.45) is 0 Å². The third-order valence-electron chi connectivity index (χ3n) is 2.86. The first-order valence-electron chi connectivity index (χ1n) is 6.03. The number of nitrogens with zero attached hydrogens (tertiary/aromatic N) is 2. The molecule has 1 atom stereocenters. The summed E-state index contributed by atoms with van der Waals surface area (Å²) in [6, 6.07) is 0.455. The van der Waals surface area contributed by atoms with E-state index in [9.17, 15) is 0 Å². The van der Waals surface area contributed by atoms with Crippen LogP contribution in [0.2, 0.25) is 0 Å². The summed E-state index contributed by atoms with van der Waals surface area (Å²) in [5.74, 6) is 0. The third-order valence-corrected chi connectivity index (χ3v) is 4.01. The number of nitrogens with one attached hydrogen (secondary N) is 1. The van der Waals surface area contributed by atoms with Crippen molar-refractivity contribution < 1.29 is 0 Å². The fraction of sp³-hybridized carbons (Fsp3) is 0.750. The largest absolute Gasteiger partial charge is 0.315 e. The summed E-state index contributed by atoms with van der Waals surface area (Å²) >= 11 is 3.58. The first kappa shape index (κ1) is 13.7. The fourth-order valence-corrected chi connectivity index (χ4v) is 2.11. The Labute approximate surface area is 107 Å². The predicted octanol–water partition coefficient (Wildman–Crippen LogP) is 3.21. The topological polar surface area (TPSA) is 29.9 Å². The standard InChI is InChI=1S/C12H22BrN3/c1-5-7-14-8-11(6-2)16-10(4)12(13)9(3)15-16/h11,14H,5-8H2,1-4H3. The Morgan fingerprint density at radius 2 is 2.06 bits per heavy atom. The van der Waals surface area contributed by atoms with E-state index in [0.717, 1.165) is 29.7 Å². The third kappa shape index (κ3) is 3.08. The molecule has 0 fully saturated rings. The highest BCUT2D eigenvalue weighted by atomic mass is 79.9. The van der Waals surface area contributed by atoms with Gasteiger partial charge in [0.05, 0.1) is 21.9 Å². The Hall–Kier alpha value is -0.350. The second-order valence-corrected chi connectivity index (χ2v) is 4.99. The highest BCUT2D eigenvalue weighted by Crippen LogP contribution is 2.23. The molecule has 0 amide bonds. The zero-order valence-corrected chi connectivity index (χ0v) is 12.3. The molecule has 4 heteroatoms. The lowest BCUT2D eigenvalue weighted by molar-refractivity contribution is 0.404. The molecule has 0 spiro atoms. The lowest BCUT2D eigenvalue weighted by Gasteiger charge is -2.18. The molecule has 1 aromatic heterocycles. The molecule has 3 nitrogen and oxygen atoms in total. The zero-order chi connectivity index (χ0) is 12.1. The van der Waals surface area contributed by atoms with E-state index >= 15 is 0 Å². The molecule has 0 saturated carbocycles. The highest BCUT2D eigenvalue weighted by molar-refractivity contribution is 9.10. The van der Waals surface area contributed by atoms with Crippen molar-refractivity contribution in [3.8, 4) is 0 Å². The monoisotopic (exact) mass is 287 g/mol. The molecule has 0 aliphatic heterocycles. The Balaban J connectivity index is 2.74. The number of halogens is 1. The van der Waals surface area contributed by atoms with Crippen LogP contribution in [0.3, 0.4) is 0 Å². The maximum atomic E-state index is 4.59.